The molecule has 0 saturated heterocycles. The fourth-order valence-corrected chi connectivity index (χ4v) is 2.15. The summed E-state index contributed by atoms with van der Waals surface area (Å²) in [6.07, 6.45) is 0. The van der Waals surface area contributed by atoms with Crippen molar-refractivity contribution in [2.24, 2.45) is 0 Å². The summed E-state index contributed by atoms with van der Waals surface area (Å²) < 4.78 is 11.8. The molecule has 0 aliphatic heterocycles. The first-order chi connectivity index (χ1) is 11.6. The van der Waals surface area contributed by atoms with Crippen molar-refractivity contribution in [1.29, 1.82) is 0 Å². The van der Waals surface area contributed by atoms with Gasteiger partial charge >= 0.3 is 0 Å². The van der Waals surface area contributed by atoms with Crippen LogP contribution in [0.3, 0.4) is 0 Å². The van der Waals surface area contributed by atoms with Gasteiger partial charge in [-0.05, 0) is 37.3 Å². The maximum Gasteiger partial charge on any atom is 0.258 e. The highest BCUT2D eigenvalue weighted by molar-refractivity contribution is 9.10. The van der Waals surface area contributed by atoms with E-state index < -0.39 is 0 Å². The van der Waals surface area contributed by atoms with Gasteiger partial charge in [0.15, 0.2) is 6.61 Å². The quantitative estimate of drug-likeness (QED) is 0.773. The second kappa shape index (κ2) is 9.64. The summed E-state index contributed by atoms with van der Waals surface area (Å²) in [5, 5.41) is 2.67. The largest absolute Gasteiger partial charge is 0.484 e. The lowest BCUT2D eigenvalue weighted by molar-refractivity contribution is -0.122. The fraction of sp³-hybridized carbons (Fsp3) is 0.211. The van der Waals surface area contributed by atoms with E-state index in [-0.39, 0.29) is 25.7 Å². The minimum absolute atomic E-state index is 0.0285. The van der Waals surface area contributed by atoms with Crippen LogP contribution in [0.5, 0.6) is 11.5 Å². The normalized spacial score (nSPS) is 9.58. The third-order valence-electron chi connectivity index (χ3n) is 3.00. The Hall–Kier alpha value is -2.45. The lowest BCUT2D eigenvalue weighted by atomic mass is 10.2. The Labute approximate surface area is 150 Å². The summed E-state index contributed by atoms with van der Waals surface area (Å²) in [5.74, 6) is 6.88. The van der Waals surface area contributed by atoms with Gasteiger partial charge in [-0.15, -0.1) is 0 Å². The van der Waals surface area contributed by atoms with Gasteiger partial charge in [0, 0.05) is 4.47 Å². The molecule has 2 aromatic carbocycles. The van der Waals surface area contributed by atoms with Gasteiger partial charge in [-0.2, -0.15) is 0 Å². The molecule has 0 aromatic heterocycles. The molecule has 0 atom stereocenters. The molecule has 0 heterocycles. The zero-order valence-corrected chi connectivity index (χ0v) is 14.9. The number of aryl methyl sites for hydroxylation is 1. The number of benzene rings is 2. The number of hydrogen-bond donors (Lipinski definition) is 1. The van der Waals surface area contributed by atoms with Gasteiger partial charge in [0.1, 0.15) is 18.1 Å². The molecular weight excluding hydrogens is 370 g/mol. The van der Waals surface area contributed by atoms with Gasteiger partial charge < -0.3 is 14.8 Å². The van der Waals surface area contributed by atoms with Crippen LogP contribution >= 0.6 is 15.9 Å². The zero-order chi connectivity index (χ0) is 17.2. The molecule has 1 amide bonds. The highest BCUT2D eigenvalue weighted by Crippen LogP contribution is 2.17. The van der Waals surface area contributed by atoms with Crippen LogP contribution in [-0.4, -0.2) is 25.7 Å². The minimum atomic E-state index is -0.210. The standard InChI is InChI=1S/C19H18BrNO3/c1-15-7-9-17(10-8-15)24-14-19(22)21-11-2-3-12-23-18-6-4-5-16(20)13-18/h4-10,13H,11-12,14H2,1H3,(H,21,22). The molecular formula is C19H18BrNO3. The van der Waals surface area contributed by atoms with E-state index in [0.717, 1.165) is 15.8 Å². The topological polar surface area (TPSA) is 47.6 Å². The second-order valence-electron chi connectivity index (χ2n) is 4.98. The van der Waals surface area contributed by atoms with Crippen molar-refractivity contribution in [2.45, 2.75) is 6.92 Å². The Morgan fingerprint density at radius 1 is 1.08 bits per heavy atom. The van der Waals surface area contributed by atoms with E-state index >= 15 is 0 Å². The highest BCUT2D eigenvalue weighted by Gasteiger charge is 2.00. The average Bonchev–Trinajstić information content (AvgIpc) is 2.57. The number of nitrogens with one attached hydrogen (secondary N) is 1. The SMILES string of the molecule is Cc1ccc(OCC(=O)NCC#CCOc2cccc(Br)c2)cc1. The Morgan fingerprint density at radius 3 is 2.62 bits per heavy atom. The van der Waals surface area contributed by atoms with Gasteiger partial charge in [0.25, 0.3) is 5.91 Å². The van der Waals surface area contributed by atoms with E-state index in [2.05, 4.69) is 33.1 Å². The summed E-state index contributed by atoms with van der Waals surface area (Å²) >= 11 is 3.37. The number of rotatable bonds is 6. The van der Waals surface area contributed by atoms with Gasteiger partial charge in [0.2, 0.25) is 0 Å². The molecule has 0 fully saturated rings. The fourth-order valence-electron chi connectivity index (χ4n) is 1.77. The third kappa shape index (κ3) is 6.76. The average molecular weight is 388 g/mol. The van der Waals surface area contributed by atoms with E-state index in [1.54, 1.807) is 0 Å². The van der Waals surface area contributed by atoms with Crippen molar-refractivity contribution < 1.29 is 14.3 Å². The molecule has 0 spiro atoms. The third-order valence-corrected chi connectivity index (χ3v) is 3.49. The molecule has 0 aliphatic carbocycles. The van der Waals surface area contributed by atoms with Crippen molar-refractivity contribution in [3.05, 3.63) is 58.6 Å². The van der Waals surface area contributed by atoms with Crippen LogP contribution in [0.2, 0.25) is 0 Å². The second-order valence-corrected chi connectivity index (χ2v) is 5.89. The van der Waals surface area contributed by atoms with Gasteiger partial charge in [-0.25, -0.2) is 0 Å². The van der Waals surface area contributed by atoms with Gasteiger partial charge in [-0.3, -0.25) is 4.79 Å². The van der Waals surface area contributed by atoms with Crippen molar-refractivity contribution in [1.82, 2.24) is 5.32 Å². The first-order valence-electron chi connectivity index (χ1n) is 7.44. The predicted octanol–water partition coefficient (Wildman–Crippen LogP) is 3.33. The molecule has 2 rings (SSSR count). The highest BCUT2D eigenvalue weighted by atomic mass is 79.9. The first kappa shape index (κ1) is 17.9. The summed E-state index contributed by atoms with van der Waals surface area (Å²) in [5.41, 5.74) is 1.15. The Balaban J connectivity index is 1.61. The van der Waals surface area contributed by atoms with Crippen molar-refractivity contribution in [2.75, 3.05) is 19.8 Å². The zero-order valence-electron chi connectivity index (χ0n) is 13.3. The van der Waals surface area contributed by atoms with Gasteiger partial charge in [-0.1, -0.05) is 51.5 Å². The molecule has 24 heavy (non-hydrogen) atoms. The summed E-state index contributed by atoms with van der Waals surface area (Å²) in [7, 11) is 0. The Morgan fingerprint density at radius 2 is 1.88 bits per heavy atom. The number of amides is 1. The lowest BCUT2D eigenvalue weighted by Crippen LogP contribution is -2.29. The Kier molecular flexibility index (Phi) is 7.19. The number of carbonyl (C=O) groups is 1. The van der Waals surface area contributed by atoms with Crippen LogP contribution < -0.4 is 14.8 Å². The lowest BCUT2D eigenvalue weighted by Gasteiger charge is -2.05. The predicted molar refractivity (Wildman–Crippen MR) is 97.1 cm³/mol. The van der Waals surface area contributed by atoms with Crippen LogP contribution in [0.4, 0.5) is 0 Å². The molecule has 0 saturated carbocycles. The molecule has 0 radical (unpaired) electrons. The van der Waals surface area contributed by atoms with Crippen LogP contribution in [0, 0.1) is 18.8 Å². The van der Waals surface area contributed by atoms with Gasteiger partial charge in [0.05, 0.1) is 6.54 Å². The molecule has 0 bridgehead atoms. The molecule has 1 N–H and O–H groups in total. The van der Waals surface area contributed by atoms with Crippen LogP contribution in [0.1, 0.15) is 5.56 Å². The van der Waals surface area contributed by atoms with Crippen molar-refractivity contribution in [3.63, 3.8) is 0 Å². The van der Waals surface area contributed by atoms with Crippen molar-refractivity contribution >= 4 is 21.8 Å². The number of ether oxygens (including phenoxy) is 2. The van der Waals surface area contributed by atoms with E-state index in [9.17, 15) is 4.79 Å². The number of carbonyl (C=O) groups excluding carboxylic acids is 1. The summed E-state index contributed by atoms with van der Waals surface area (Å²) in [4.78, 5) is 11.6. The van der Waals surface area contributed by atoms with Crippen LogP contribution in [0.15, 0.2) is 53.0 Å². The van der Waals surface area contributed by atoms with Crippen molar-refractivity contribution in [3.8, 4) is 23.3 Å². The minimum Gasteiger partial charge on any atom is -0.484 e. The smallest absolute Gasteiger partial charge is 0.258 e. The monoisotopic (exact) mass is 387 g/mol. The molecule has 4 nitrogen and oxygen atoms in total. The summed E-state index contributed by atoms with van der Waals surface area (Å²) in [6, 6.07) is 15.1. The molecule has 124 valence electrons. The number of hydrogen-bond acceptors (Lipinski definition) is 3. The van der Waals surface area contributed by atoms with E-state index in [1.807, 2.05) is 55.5 Å². The van der Waals surface area contributed by atoms with E-state index in [0.29, 0.717) is 5.75 Å². The van der Waals surface area contributed by atoms with E-state index in [1.165, 1.54) is 0 Å². The summed E-state index contributed by atoms with van der Waals surface area (Å²) in [6.45, 7) is 2.50. The molecule has 5 heteroatoms. The maximum absolute atomic E-state index is 11.6. The maximum atomic E-state index is 11.6. The van der Waals surface area contributed by atoms with E-state index in [4.69, 9.17) is 9.47 Å². The molecule has 0 unspecified atom stereocenters. The first-order valence-corrected chi connectivity index (χ1v) is 8.23. The number of halogens is 1. The van der Waals surface area contributed by atoms with Crippen LogP contribution in [-0.2, 0) is 4.79 Å². The Bertz CT molecular complexity index is 732. The van der Waals surface area contributed by atoms with Crippen LogP contribution in [0.25, 0.3) is 0 Å². The molecule has 0 aliphatic rings. The molecule has 2 aromatic rings.